The van der Waals surface area contributed by atoms with Crippen LogP contribution in [0.4, 0.5) is 5.82 Å². The van der Waals surface area contributed by atoms with Gasteiger partial charge in [0.05, 0.1) is 5.39 Å². The van der Waals surface area contributed by atoms with Crippen molar-refractivity contribution < 1.29 is 0 Å². The summed E-state index contributed by atoms with van der Waals surface area (Å²) in [5.74, 6) is 0.925. The molecule has 0 fully saturated rings. The van der Waals surface area contributed by atoms with E-state index in [1.54, 1.807) is 12.4 Å². The minimum absolute atomic E-state index is 0.701. The number of rotatable bonds is 4. The molecular formula is C19H20N6. The highest BCUT2D eigenvalue weighted by atomic mass is 15.3. The predicted octanol–water partition coefficient (Wildman–Crippen LogP) is 3.46. The highest BCUT2D eigenvalue weighted by molar-refractivity contribution is 5.93. The highest BCUT2D eigenvalue weighted by Crippen LogP contribution is 2.25. The molecule has 0 atom stereocenters. The summed E-state index contributed by atoms with van der Waals surface area (Å²) in [4.78, 5) is 13.4. The Bertz CT molecular complexity index is 1050. The van der Waals surface area contributed by atoms with E-state index in [0.717, 1.165) is 45.9 Å². The molecule has 25 heavy (non-hydrogen) atoms. The second kappa shape index (κ2) is 6.12. The maximum atomic E-state index is 4.80. The molecule has 4 aromatic rings. The number of aromatic nitrogens is 5. The lowest BCUT2D eigenvalue weighted by molar-refractivity contribution is 0.907. The molecule has 0 bridgehead atoms. The van der Waals surface area contributed by atoms with Crippen molar-refractivity contribution in [2.75, 3.05) is 5.32 Å². The zero-order valence-electron chi connectivity index (χ0n) is 14.6. The Kier molecular flexibility index (Phi) is 3.80. The first-order valence-electron chi connectivity index (χ1n) is 8.45. The molecule has 4 heterocycles. The molecule has 6 nitrogen and oxygen atoms in total. The first-order valence-corrected chi connectivity index (χ1v) is 8.45. The number of hydrogen-bond acceptors (Lipinski definition) is 5. The molecule has 0 amide bonds. The van der Waals surface area contributed by atoms with E-state index in [4.69, 9.17) is 10.1 Å². The standard InChI is InChI=1S/C19H20N6/c1-4-15-10-16(21-11-14-5-7-20-8-6-14)25-19(23-15)17-12(2)9-13(3)22-18(17)24-25/h5-10,21H,4,11H2,1-3H3. The molecule has 0 unspecified atom stereocenters. The third-order valence-electron chi connectivity index (χ3n) is 4.31. The number of fused-ring (bicyclic) bond motifs is 3. The van der Waals surface area contributed by atoms with Gasteiger partial charge >= 0.3 is 0 Å². The molecule has 6 heteroatoms. The third-order valence-corrected chi connectivity index (χ3v) is 4.31. The number of nitrogens with zero attached hydrogens (tertiary/aromatic N) is 5. The van der Waals surface area contributed by atoms with Gasteiger partial charge in [-0.15, -0.1) is 5.10 Å². The van der Waals surface area contributed by atoms with Crippen molar-refractivity contribution in [3.05, 3.63) is 59.2 Å². The molecule has 4 aromatic heterocycles. The Morgan fingerprint density at radius 1 is 1.08 bits per heavy atom. The molecule has 0 aliphatic carbocycles. The van der Waals surface area contributed by atoms with E-state index in [9.17, 15) is 0 Å². The van der Waals surface area contributed by atoms with Crippen molar-refractivity contribution >= 4 is 22.5 Å². The first-order chi connectivity index (χ1) is 12.2. The lowest BCUT2D eigenvalue weighted by Crippen LogP contribution is -2.07. The van der Waals surface area contributed by atoms with Crippen molar-refractivity contribution in [1.82, 2.24) is 24.6 Å². The average molecular weight is 332 g/mol. The van der Waals surface area contributed by atoms with Gasteiger partial charge in [0.2, 0.25) is 0 Å². The molecule has 0 aliphatic rings. The van der Waals surface area contributed by atoms with E-state index >= 15 is 0 Å². The van der Waals surface area contributed by atoms with Gasteiger partial charge in [0.25, 0.3) is 0 Å². The molecule has 0 spiro atoms. The van der Waals surface area contributed by atoms with Crippen molar-refractivity contribution in [3.8, 4) is 0 Å². The fourth-order valence-electron chi connectivity index (χ4n) is 3.07. The summed E-state index contributed by atoms with van der Waals surface area (Å²) >= 11 is 0. The number of hydrogen-bond donors (Lipinski definition) is 1. The van der Waals surface area contributed by atoms with Gasteiger partial charge in [0.1, 0.15) is 5.82 Å². The molecule has 0 aromatic carbocycles. The minimum atomic E-state index is 0.701. The van der Waals surface area contributed by atoms with Crippen LogP contribution in [0.15, 0.2) is 36.7 Å². The summed E-state index contributed by atoms with van der Waals surface area (Å²) < 4.78 is 1.87. The fraction of sp³-hybridized carbons (Fsp3) is 0.263. The Morgan fingerprint density at radius 3 is 2.64 bits per heavy atom. The summed E-state index contributed by atoms with van der Waals surface area (Å²) in [7, 11) is 0. The van der Waals surface area contributed by atoms with Gasteiger partial charge in [-0.3, -0.25) is 4.98 Å². The zero-order chi connectivity index (χ0) is 17.4. The van der Waals surface area contributed by atoms with Crippen molar-refractivity contribution in [2.45, 2.75) is 33.7 Å². The second-order valence-electron chi connectivity index (χ2n) is 6.21. The molecule has 0 aliphatic heterocycles. The van der Waals surface area contributed by atoms with E-state index < -0.39 is 0 Å². The summed E-state index contributed by atoms with van der Waals surface area (Å²) in [6.45, 7) is 6.89. The van der Waals surface area contributed by atoms with Crippen LogP contribution in [0.3, 0.4) is 0 Å². The first kappa shape index (κ1) is 15.5. The molecular weight excluding hydrogens is 312 g/mol. The lowest BCUT2D eigenvalue weighted by Gasteiger charge is -2.10. The van der Waals surface area contributed by atoms with E-state index in [-0.39, 0.29) is 0 Å². The van der Waals surface area contributed by atoms with Crippen LogP contribution in [0, 0.1) is 13.8 Å². The van der Waals surface area contributed by atoms with E-state index in [2.05, 4.69) is 41.3 Å². The van der Waals surface area contributed by atoms with Crippen LogP contribution in [-0.2, 0) is 13.0 Å². The Labute approximate surface area is 146 Å². The van der Waals surface area contributed by atoms with E-state index in [1.165, 1.54) is 5.56 Å². The summed E-state index contributed by atoms with van der Waals surface area (Å²) in [6.07, 6.45) is 4.47. The summed E-state index contributed by atoms with van der Waals surface area (Å²) in [5.41, 5.74) is 5.92. The molecule has 0 saturated heterocycles. The molecule has 1 N–H and O–H groups in total. The monoisotopic (exact) mass is 332 g/mol. The van der Waals surface area contributed by atoms with E-state index in [0.29, 0.717) is 6.54 Å². The van der Waals surface area contributed by atoms with E-state index in [1.807, 2.05) is 23.6 Å². The number of anilines is 1. The van der Waals surface area contributed by atoms with Gasteiger partial charge in [0, 0.05) is 36.4 Å². The van der Waals surface area contributed by atoms with Crippen molar-refractivity contribution in [3.63, 3.8) is 0 Å². The largest absolute Gasteiger partial charge is 0.366 e. The Balaban J connectivity index is 1.86. The normalized spacial score (nSPS) is 11.3. The fourth-order valence-corrected chi connectivity index (χ4v) is 3.07. The second-order valence-corrected chi connectivity index (χ2v) is 6.21. The Morgan fingerprint density at radius 2 is 1.88 bits per heavy atom. The maximum Gasteiger partial charge on any atom is 0.184 e. The van der Waals surface area contributed by atoms with Gasteiger partial charge < -0.3 is 5.32 Å². The van der Waals surface area contributed by atoms with Crippen LogP contribution in [0.5, 0.6) is 0 Å². The average Bonchev–Trinajstić information content (AvgIpc) is 2.98. The molecule has 4 rings (SSSR count). The van der Waals surface area contributed by atoms with Gasteiger partial charge in [-0.1, -0.05) is 6.92 Å². The van der Waals surface area contributed by atoms with Crippen molar-refractivity contribution in [2.24, 2.45) is 0 Å². The quantitative estimate of drug-likeness (QED) is 0.620. The SMILES string of the molecule is CCc1cc(NCc2ccncc2)n2nc3nc(C)cc(C)c3c2n1. The van der Waals surface area contributed by atoms with Crippen LogP contribution in [0.25, 0.3) is 16.7 Å². The highest BCUT2D eigenvalue weighted by Gasteiger charge is 2.14. The smallest absolute Gasteiger partial charge is 0.184 e. The summed E-state index contributed by atoms with van der Waals surface area (Å²) in [6, 6.07) is 8.14. The van der Waals surface area contributed by atoms with Gasteiger partial charge in [-0.05, 0) is 49.6 Å². The van der Waals surface area contributed by atoms with Crippen LogP contribution in [-0.4, -0.2) is 24.6 Å². The number of aryl methyl sites for hydroxylation is 3. The van der Waals surface area contributed by atoms with Crippen LogP contribution < -0.4 is 5.32 Å². The van der Waals surface area contributed by atoms with Gasteiger partial charge in [-0.2, -0.15) is 4.52 Å². The van der Waals surface area contributed by atoms with Gasteiger partial charge in [0.15, 0.2) is 11.3 Å². The minimum Gasteiger partial charge on any atom is -0.366 e. The van der Waals surface area contributed by atoms with Crippen molar-refractivity contribution in [1.29, 1.82) is 0 Å². The van der Waals surface area contributed by atoms with Crippen LogP contribution >= 0.6 is 0 Å². The lowest BCUT2D eigenvalue weighted by atomic mass is 10.2. The number of pyridine rings is 2. The molecule has 0 radical (unpaired) electrons. The van der Waals surface area contributed by atoms with Crippen LogP contribution in [0.1, 0.15) is 29.4 Å². The van der Waals surface area contributed by atoms with Gasteiger partial charge in [-0.25, -0.2) is 9.97 Å². The topological polar surface area (TPSA) is 68.0 Å². The Hall–Kier alpha value is -3.02. The van der Waals surface area contributed by atoms with Crippen LogP contribution in [0.2, 0.25) is 0 Å². The maximum absolute atomic E-state index is 4.80. The third kappa shape index (κ3) is 2.80. The molecule has 0 saturated carbocycles. The molecule has 126 valence electrons. The number of nitrogens with one attached hydrogen (secondary N) is 1. The predicted molar refractivity (Wildman–Crippen MR) is 98.7 cm³/mol. The zero-order valence-corrected chi connectivity index (χ0v) is 14.6. The summed E-state index contributed by atoms with van der Waals surface area (Å²) in [5, 5.41) is 9.19.